The van der Waals surface area contributed by atoms with Crippen molar-refractivity contribution in [3.8, 4) is 5.69 Å². The molecule has 0 N–H and O–H groups in total. The van der Waals surface area contributed by atoms with Crippen molar-refractivity contribution in [2.24, 2.45) is 0 Å². The minimum absolute atomic E-state index is 0.0135. The fourth-order valence-electron chi connectivity index (χ4n) is 2.64. The Bertz CT molecular complexity index is 908. The second-order valence-electron chi connectivity index (χ2n) is 6.05. The van der Waals surface area contributed by atoms with Gasteiger partial charge in [-0.05, 0) is 66.6 Å². The van der Waals surface area contributed by atoms with Crippen LogP contribution in [0.25, 0.3) is 5.69 Å². The zero-order chi connectivity index (χ0) is 18.5. The Hall–Kier alpha value is -2.54. The average molecular weight is 370 g/mol. The van der Waals surface area contributed by atoms with Gasteiger partial charge in [0.25, 0.3) is 0 Å². The fraction of sp³-hybridized carbons (Fsp3) is 0.263. The summed E-state index contributed by atoms with van der Waals surface area (Å²) in [6.45, 7) is 4.07. The van der Waals surface area contributed by atoms with Crippen molar-refractivity contribution in [1.82, 2.24) is 20.2 Å². The number of aromatic nitrogens is 4. The molecule has 26 heavy (non-hydrogen) atoms. The van der Waals surface area contributed by atoms with E-state index in [4.69, 9.17) is 0 Å². The van der Waals surface area contributed by atoms with Gasteiger partial charge in [-0.15, -0.1) is 5.10 Å². The van der Waals surface area contributed by atoms with Crippen molar-refractivity contribution in [2.75, 3.05) is 5.75 Å². The van der Waals surface area contributed by atoms with E-state index >= 15 is 0 Å². The highest BCUT2D eigenvalue weighted by molar-refractivity contribution is 7.99. The van der Waals surface area contributed by atoms with E-state index in [0.717, 1.165) is 17.0 Å². The number of hydrogen-bond acceptors (Lipinski definition) is 5. The highest BCUT2D eigenvalue weighted by Crippen LogP contribution is 2.22. The summed E-state index contributed by atoms with van der Waals surface area (Å²) in [6, 6.07) is 11.8. The number of carbonyl (C=O) groups excluding carboxylic acids is 1. The number of hydrogen-bond donors (Lipinski definition) is 0. The molecular weight excluding hydrogens is 351 g/mol. The molecule has 0 unspecified atom stereocenters. The summed E-state index contributed by atoms with van der Waals surface area (Å²) in [5, 5.41) is 12.6. The monoisotopic (exact) mass is 370 g/mol. The molecular formula is C19H19FN4OS. The number of nitrogens with zero attached hydrogens (tertiary/aromatic N) is 4. The number of carbonyl (C=O) groups is 1. The number of Topliss-reactive ketones (excluding diaryl/α,β-unsaturated/α-hetero) is 1. The maximum atomic E-state index is 12.9. The molecule has 0 bridgehead atoms. The summed E-state index contributed by atoms with van der Waals surface area (Å²) >= 11 is 1.52. The van der Waals surface area contributed by atoms with Gasteiger partial charge in [0, 0.05) is 17.7 Å². The summed E-state index contributed by atoms with van der Waals surface area (Å²) < 4.78 is 14.6. The van der Waals surface area contributed by atoms with Crippen LogP contribution in [-0.4, -0.2) is 31.7 Å². The van der Waals surface area contributed by atoms with Crippen molar-refractivity contribution < 1.29 is 9.18 Å². The summed E-state index contributed by atoms with van der Waals surface area (Å²) in [7, 11) is 0. The first-order chi connectivity index (χ1) is 12.5. The van der Waals surface area contributed by atoms with Crippen LogP contribution < -0.4 is 0 Å². The molecule has 3 rings (SSSR count). The number of halogens is 1. The summed E-state index contributed by atoms with van der Waals surface area (Å²) in [4.78, 5) is 12.1. The second kappa shape index (κ2) is 8.23. The standard InChI is InChI=1S/C19H19FN4OS/c1-13-5-10-17(14(2)12-13)24-19(21-22-23-24)26-11-3-4-18(25)15-6-8-16(20)9-7-15/h5-10,12H,3-4,11H2,1-2H3. The topological polar surface area (TPSA) is 60.7 Å². The highest BCUT2D eigenvalue weighted by atomic mass is 32.2. The first kappa shape index (κ1) is 18.3. The van der Waals surface area contributed by atoms with Crippen LogP contribution in [0.1, 0.15) is 34.3 Å². The molecule has 1 aromatic heterocycles. The van der Waals surface area contributed by atoms with Gasteiger partial charge >= 0.3 is 0 Å². The molecule has 7 heteroatoms. The lowest BCUT2D eigenvalue weighted by Gasteiger charge is -2.08. The zero-order valence-corrected chi connectivity index (χ0v) is 15.5. The first-order valence-electron chi connectivity index (χ1n) is 8.32. The molecule has 0 aliphatic carbocycles. The van der Waals surface area contributed by atoms with Gasteiger partial charge in [0.15, 0.2) is 5.78 Å². The smallest absolute Gasteiger partial charge is 0.214 e. The van der Waals surface area contributed by atoms with Crippen LogP contribution in [0, 0.1) is 19.7 Å². The molecule has 0 saturated carbocycles. The third-order valence-corrected chi connectivity index (χ3v) is 4.97. The molecule has 134 valence electrons. The predicted octanol–water partition coefficient (Wildman–Crippen LogP) is 4.17. The Morgan fingerprint density at radius 2 is 1.92 bits per heavy atom. The minimum Gasteiger partial charge on any atom is -0.294 e. The molecule has 3 aromatic rings. The largest absolute Gasteiger partial charge is 0.294 e. The van der Waals surface area contributed by atoms with Crippen LogP contribution >= 0.6 is 11.8 Å². The number of thioether (sulfide) groups is 1. The Balaban J connectivity index is 1.57. The van der Waals surface area contributed by atoms with Crippen molar-refractivity contribution in [1.29, 1.82) is 0 Å². The molecule has 2 aromatic carbocycles. The second-order valence-corrected chi connectivity index (χ2v) is 7.11. The molecule has 0 atom stereocenters. The van der Waals surface area contributed by atoms with E-state index in [0.29, 0.717) is 23.6 Å². The fourth-order valence-corrected chi connectivity index (χ4v) is 3.46. The Labute approximate surface area is 155 Å². The van der Waals surface area contributed by atoms with Crippen LogP contribution in [0.3, 0.4) is 0 Å². The number of rotatable bonds is 7. The van der Waals surface area contributed by atoms with E-state index in [1.807, 2.05) is 26.0 Å². The van der Waals surface area contributed by atoms with Gasteiger partial charge in [0.05, 0.1) is 5.69 Å². The van der Waals surface area contributed by atoms with E-state index in [2.05, 4.69) is 21.6 Å². The van der Waals surface area contributed by atoms with Gasteiger partial charge in [-0.3, -0.25) is 4.79 Å². The zero-order valence-electron chi connectivity index (χ0n) is 14.6. The normalized spacial score (nSPS) is 10.9. The van der Waals surface area contributed by atoms with E-state index in [1.165, 1.54) is 41.6 Å². The molecule has 0 spiro atoms. The van der Waals surface area contributed by atoms with Crippen molar-refractivity contribution in [3.63, 3.8) is 0 Å². The molecule has 0 aliphatic rings. The quantitative estimate of drug-likeness (QED) is 0.355. The lowest BCUT2D eigenvalue weighted by molar-refractivity contribution is 0.0982. The van der Waals surface area contributed by atoms with Gasteiger partial charge in [0.2, 0.25) is 5.16 Å². The third-order valence-electron chi connectivity index (χ3n) is 3.97. The van der Waals surface area contributed by atoms with Gasteiger partial charge in [0.1, 0.15) is 5.82 Å². The summed E-state index contributed by atoms with van der Waals surface area (Å²) in [5.74, 6) is 0.396. The van der Waals surface area contributed by atoms with E-state index in [9.17, 15) is 9.18 Å². The van der Waals surface area contributed by atoms with Crippen molar-refractivity contribution in [2.45, 2.75) is 31.8 Å². The van der Waals surface area contributed by atoms with Crippen LogP contribution in [0.5, 0.6) is 0 Å². The Kier molecular flexibility index (Phi) is 5.78. The molecule has 0 saturated heterocycles. The van der Waals surface area contributed by atoms with Crippen LogP contribution in [-0.2, 0) is 0 Å². The molecule has 0 radical (unpaired) electrons. The van der Waals surface area contributed by atoms with Gasteiger partial charge in [-0.25, -0.2) is 4.39 Å². The lowest BCUT2D eigenvalue weighted by Crippen LogP contribution is -2.03. The number of aryl methyl sites for hydroxylation is 2. The predicted molar refractivity (Wildman–Crippen MR) is 99.3 cm³/mol. The van der Waals surface area contributed by atoms with E-state index in [1.54, 1.807) is 4.68 Å². The first-order valence-corrected chi connectivity index (χ1v) is 9.31. The number of ketones is 1. The molecule has 0 aliphatic heterocycles. The van der Waals surface area contributed by atoms with Crippen molar-refractivity contribution in [3.05, 3.63) is 65.0 Å². The average Bonchev–Trinajstić information content (AvgIpc) is 3.07. The SMILES string of the molecule is Cc1ccc(-n2nnnc2SCCCC(=O)c2ccc(F)cc2)c(C)c1. The van der Waals surface area contributed by atoms with Crippen LogP contribution in [0.2, 0.25) is 0 Å². The van der Waals surface area contributed by atoms with Crippen molar-refractivity contribution >= 4 is 17.5 Å². The van der Waals surface area contributed by atoms with E-state index < -0.39 is 0 Å². The maximum absolute atomic E-state index is 12.9. The number of tetrazole rings is 1. The van der Waals surface area contributed by atoms with E-state index in [-0.39, 0.29) is 11.6 Å². The maximum Gasteiger partial charge on any atom is 0.214 e. The lowest BCUT2D eigenvalue weighted by atomic mass is 10.1. The van der Waals surface area contributed by atoms with Gasteiger partial charge < -0.3 is 0 Å². The third kappa shape index (κ3) is 4.35. The molecule has 0 fully saturated rings. The Morgan fingerprint density at radius 1 is 1.15 bits per heavy atom. The van der Waals surface area contributed by atoms with Gasteiger partial charge in [-0.1, -0.05) is 29.5 Å². The Morgan fingerprint density at radius 3 is 2.65 bits per heavy atom. The minimum atomic E-state index is -0.338. The molecule has 5 nitrogen and oxygen atoms in total. The van der Waals surface area contributed by atoms with Gasteiger partial charge in [-0.2, -0.15) is 4.68 Å². The molecule has 1 heterocycles. The van der Waals surface area contributed by atoms with Crippen LogP contribution in [0.15, 0.2) is 47.6 Å². The summed E-state index contributed by atoms with van der Waals surface area (Å²) in [5.41, 5.74) is 3.78. The number of benzene rings is 2. The van der Waals surface area contributed by atoms with Crippen LogP contribution in [0.4, 0.5) is 4.39 Å². The summed E-state index contributed by atoms with van der Waals surface area (Å²) in [6.07, 6.45) is 1.10. The molecule has 0 amide bonds. The highest BCUT2D eigenvalue weighted by Gasteiger charge is 2.12.